The highest BCUT2D eigenvalue weighted by atomic mass is 18.1. The maximum Gasteiger partial charge on any atom is 0.352 e. The second kappa shape index (κ2) is 7.16. The minimum atomic E-state index is -2.93. The van der Waals surface area contributed by atoms with E-state index < -0.39 is 36.2 Å². The van der Waals surface area contributed by atoms with Crippen LogP contribution in [-0.2, 0) is 24.0 Å². The molecule has 1 N–H and O–H groups in total. The molecule has 1 saturated heterocycles. The molecule has 1 atom stereocenters. The van der Waals surface area contributed by atoms with Crippen molar-refractivity contribution in [3.8, 4) is 0 Å². The van der Waals surface area contributed by atoms with Crippen LogP contribution in [0.1, 0.15) is 30.8 Å². The molecular weight excluding hydrogens is 280 g/mol. The van der Waals surface area contributed by atoms with Gasteiger partial charge in [0.05, 0.1) is 8.78 Å². The van der Waals surface area contributed by atoms with Crippen LogP contribution >= 0.6 is 0 Å². The molecule has 3 amide bonds. The Balaban J connectivity index is 2.79. The molecule has 0 aliphatic carbocycles. The zero-order chi connectivity index (χ0) is 18.7. The molecule has 21 heavy (non-hydrogen) atoms. The van der Waals surface area contributed by atoms with E-state index in [9.17, 15) is 19.2 Å². The van der Waals surface area contributed by atoms with Gasteiger partial charge in [-0.1, -0.05) is 13.8 Å². The molecule has 0 spiro atoms. The largest absolute Gasteiger partial charge is 0.352 e. The first-order valence-electron chi connectivity index (χ1n) is 8.11. The van der Waals surface area contributed by atoms with Crippen molar-refractivity contribution < 1.29 is 28.1 Å². The lowest BCUT2D eigenvalue weighted by Gasteiger charge is -2.26. The number of nitrogens with zero attached hydrogens (tertiary/aromatic N) is 2. The second-order valence-corrected chi connectivity index (χ2v) is 5.02. The van der Waals surface area contributed by atoms with E-state index >= 15 is 0 Å². The topological polar surface area (TPSA) is 96.0 Å². The Hall–Kier alpha value is -1.96. The molecule has 8 heteroatoms. The minimum Gasteiger partial charge on any atom is -0.344 e. The van der Waals surface area contributed by atoms with Crippen LogP contribution in [0.3, 0.4) is 0 Å². The van der Waals surface area contributed by atoms with Crippen molar-refractivity contribution in [2.45, 2.75) is 32.7 Å². The lowest BCUT2D eigenvalue weighted by Crippen LogP contribution is -2.48. The number of hydroxylamine groups is 2. The molecule has 0 aromatic carbocycles. The fraction of sp³-hybridized carbons (Fsp3) is 0.692. The highest BCUT2D eigenvalue weighted by Gasteiger charge is 2.33. The molecule has 0 saturated carbocycles. The summed E-state index contributed by atoms with van der Waals surface area (Å²) in [4.78, 5) is 52.7. The van der Waals surface area contributed by atoms with Crippen molar-refractivity contribution in [3.63, 3.8) is 0 Å². The van der Waals surface area contributed by atoms with Gasteiger partial charge in [-0.2, -0.15) is 0 Å². The molecule has 0 bridgehead atoms. The molecule has 118 valence electrons. The Morgan fingerprint density at radius 3 is 2.57 bits per heavy atom. The van der Waals surface area contributed by atoms with E-state index in [-0.39, 0.29) is 30.8 Å². The molecule has 1 aliphatic heterocycles. The number of carbonyl (C=O) groups is 4. The Morgan fingerprint density at radius 2 is 2.10 bits per heavy atom. The smallest absolute Gasteiger partial charge is 0.344 e. The molecule has 8 nitrogen and oxygen atoms in total. The number of likely N-dealkylation sites (N-methyl/N-ethyl adjacent to an activating group) is 1. The van der Waals surface area contributed by atoms with E-state index in [1.807, 2.05) is 5.32 Å². The van der Waals surface area contributed by atoms with Gasteiger partial charge in [0.1, 0.15) is 6.50 Å². The van der Waals surface area contributed by atoms with E-state index in [2.05, 4.69) is 4.84 Å². The molecular formula is C13H21N3O5. The third-order valence-corrected chi connectivity index (χ3v) is 2.84. The summed E-state index contributed by atoms with van der Waals surface area (Å²) in [5.41, 5.74) is 0. The minimum absolute atomic E-state index is 0.120. The maximum absolute atomic E-state index is 12.2. The van der Waals surface area contributed by atoms with E-state index in [0.717, 1.165) is 0 Å². The first-order chi connectivity index (χ1) is 11.0. The standard InChI is InChI=1S/C13H21N3O5/c1-8(2)12(15(3)4)13(20)14-7-11(19)21-16-9(17)5-6-10(16)18/h8,12H,5-7H2,1-4H3,(H,14,20)/i3D,7D2,20+2. The lowest BCUT2D eigenvalue weighted by molar-refractivity contribution is -0.196. The van der Waals surface area contributed by atoms with Gasteiger partial charge in [-0.05, 0) is 20.0 Å². The number of amides is 3. The molecule has 1 aliphatic rings. The lowest BCUT2D eigenvalue weighted by atomic mass is 10.0. The maximum atomic E-state index is 12.2. The predicted octanol–water partition coefficient (Wildman–Crippen LogP) is -0.704. The van der Waals surface area contributed by atoms with E-state index in [1.165, 1.54) is 11.9 Å². The van der Waals surface area contributed by atoms with Crippen molar-refractivity contribution in [3.05, 3.63) is 0 Å². The van der Waals surface area contributed by atoms with E-state index in [0.29, 0.717) is 0 Å². The molecule has 1 fully saturated rings. The van der Waals surface area contributed by atoms with Gasteiger partial charge in [-0.3, -0.25) is 19.3 Å². The summed E-state index contributed by atoms with van der Waals surface area (Å²) in [5.74, 6) is -4.11. The number of rotatable bonds is 6. The normalized spacial score (nSPS) is 19.3. The number of imide groups is 1. The zero-order valence-corrected chi connectivity index (χ0v) is 12.2. The summed E-state index contributed by atoms with van der Waals surface area (Å²) < 4.78 is 22.6. The van der Waals surface area contributed by atoms with Crippen molar-refractivity contribution in [2.75, 3.05) is 20.6 Å². The molecule has 1 heterocycles. The van der Waals surface area contributed by atoms with Gasteiger partial charge in [0.25, 0.3) is 11.8 Å². The number of hydrogen-bond acceptors (Lipinski definition) is 6. The average molecular weight is 304 g/mol. The molecule has 0 aromatic heterocycles. The molecule has 1 rings (SSSR count). The van der Waals surface area contributed by atoms with Crippen LogP contribution in [0.5, 0.6) is 0 Å². The summed E-state index contributed by atoms with van der Waals surface area (Å²) in [7, 11) is 1.33. The Kier molecular flexibility index (Phi) is 4.35. The summed E-state index contributed by atoms with van der Waals surface area (Å²) >= 11 is 0. The second-order valence-electron chi connectivity index (χ2n) is 5.02. The predicted molar refractivity (Wildman–Crippen MR) is 72.5 cm³/mol. The van der Waals surface area contributed by atoms with Gasteiger partial charge in [0.2, 0.25) is 5.91 Å². The summed E-state index contributed by atoms with van der Waals surface area (Å²) in [6, 6.07) is -0.833. The fourth-order valence-corrected chi connectivity index (χ4v) is 1.96. The Bertz CT molecular complexity index is 525. The highest BCUT2D eigenvalue weighted by Crippen LogP contribution is 2.12. The van der Waals surface area contributed by atoms with Crippen LogP contribution in [0.25, 0.3) is 0 Å². The zero-order valence-electron chi connectivity index (χ0n) is 15.2. The van der Waals surface area contributed by atoms with Gasteiger partial charge in [-0.25, -0.2) is 4.79 Å². The highest BCUT2D eigenvalue weighted by molar-refractivity contribution is 6.01. The van der Waals surface area contributed by atoms with E-state index in [4.69, 9.17) is 4.11 Å². The van der Waals surface area contributed by atoms with Crippen molar-refractivity contribution in [2.24, 2.45) is 5.92 Å². The average Bonchev–Trinajstić information content (AvgIpc) is 2.77. The Labute approximate surface area is 127 Å². The molecule has 0 aromatic rings. The third kappa shape index (κ3) is 4.52. The van der Waals surface area contributed by atoms with Crippen LogP contribution in [0, 0.1) is 5.92 Å². The monoisotopic (exact) mass is 304 g/mol. The fourth-order valence-electron chi connectivity index (χ4n) is 1.96. The number of nitrogens with one attached hydrogen (secondary N) is 1. The van der Waals surface area contributed by atoms with Crippen LogP contribution in [0.15, 0.2) is 0 Å². The number of carbonyl (C=O) groups excluding carboxylic acids is 4. The van der Waals surface area contributed by atoms with Gasteiger partial charge >= 0.3 is 5.97 Å². The van der Waals surface area contributed by atoms with Crippen LogP contribution in [0.4, 0.5) is 0 Å². The first-order valence-corrected chi connectivity index (χ1v) is 6.41. The van der Waals surface area contributed by atoms with Gasteiger partial charge in [0.15, 0.2) is 0 Å². The third-order valence-electron chi connectivity index (χ3n) is 2.84. The SMILES string of the molecule is [2H]CN(C)C(C(=[18O])NC([2H])([2H])C(=O)ON1C(=O)CCC1=O)C(C)C. The van der Waals surface area contributed by atoms with Crippen molar-refractivity contribution >= 4 is 23.7 Å². The molecule has 0 radical (unpaired) electrons. The Morgan fingerprint density at radius 1 is 1.52 bits per heavy atom. The number of hydrogen-bond donors (Lipinski definition) is 1. The van der Waals surface area contributed by atoms with Gasteiger partial charge in [0, 0.05) is 14.2 Å². The van der Waals surface area contributed by atoms with Crippen LogP contribution in [-0.4, -0.2) is 60.3 Å². The van der Waals surface area contributed by atoms with Crippen molar-refractivity contribution in [1.82, 2.24) is 15.3 Å². The summed E-state index contributed by atoms with van der Waals surface area (Å²) in [6.45, 7) is 0.494. The quantitative estimate of drug-likeness (QED) is 0.515. The van der Waals surface area contributed by atoms with Crippen molar-refractivity contribution in [1.29, 1.82) is 0 Å². The van der Waals surface area contributed by atoms with Gasteiger partial charge in [-0.15, -0.1) is 5.06 Å². The first kappa shape index (κ1) is 12.8. The van der Waals surface area contributed by atoms with E-state index in [1.54, 1.807) is 13.8 Å². The van der Waals surface area contributed by atoms with Crippen LogP contribution < -0.4 is 5.32 Å². The summed E-state index contributed by atoms with van der Waals surface area (Å²) in [6.07, 6.45) is -0.240. The molecule has 1 unspecified atom stereocenters. The van der Waals surface area contributed by atoms with Crippen LogP contribution in [0.2, 0.25) is 0 Å². The van der Waals surface area contributed by atoms with Gasteiger partial charge < -0.3 is 10.2 Å². The summed E-state index contributed by atoms with van der Waals surface area (Å²) in [5, 5.41) is 2.11.